The molecule has 1 heterocycles. The number of aryl methyl sites for hydroxylation is 1. The monoisotopic (exact) mass is 172 g/mol. The molecule has 2 nitrogen and oxygen atoms in total. The molecule has 0 aliphatic rings. The fourth-order valence-corrected chi connectivity index (χ4v) is 1.76. The van der Waals surface area contributed by atoms with Crippen molar-refractivity contribution in [3.63, 3.8) is 0 Å². The Balaban J connectivity index is 2.63. The maximum Gasteiger partial charge on any atom is 0.225 e. The molecule has 0 N–H and O–H groups in total. The number of methoxy groups -OCH3 is 1. The molecule has 0 fully saturated rings. The normalized spacial score (nSPS) is 10.5. The molecule has 0 bridgehead atoms. The van der Waals surface area contributed by atoms with Gasteiger partial charge in [0.1, 0.15) is 6.61 Å². The zero-order chi connectivity index (χ0) is 8.27. The Labute approximate surface area is 71.4 Å². The number of aromatic nitrogens is 1. The molecular formula is C8H14NOS+. The Bertz CT molecular complexity index is 232. The molecule has 0 atom stereocenters. The Hall–Kier alpha value is -0.410. The van der Waals surface area contributed by atoms with E-state index in [1.165, 1.54) is 10.6 Å². The van der Waals surface area contributed by atoms with Crippen molar-refractivity contribution in [1.29, 1.82) is 0 Å². The third-order valence-electron chi connectivity index (χ3n) is 1.83. The van der Waals surface area contributed by atoms with Crippen molar-refractivity contribution in [1.82, 2.24) is 0 Å². The molecule has 1 aromatic rings. The number of hydrogen-bond acceptors (Lipinski definition) is 2. The van der Waals surface area contributed by atoms with Crippen molar-refractivity contribution < 1.29 is 9.30 Å². The number of nitrogens with zero attached hydrogens (tertiary/aromatic N) is 1. The zero-order valence-corrected chi connectivity index (χ0v) is 8.07. The smallest absolute Gasteiger partial charge is 0.225 e. The van der Waals surface area contributed by atoms with E-state index in [1.54, 1.807) is 18.4 Å². The Kier molecular flexibility index (Phi) is 3.02. The van der Waals surface area contributed by atoms with E-state index in [4.69, 9.17) is 4.74 Å². The molecule has 0 unspecified atom stereocenters. The molecule has 11 heavy (non-hydrogen) atoms. The van der Waals surface area contributed by atoms with Crippen LogP contribution in [0.25, 0.3) is 0 Å². The number of thiazole rings is 1. The topological polar surface area (TPSA) is 13.1 Å². The van der Waals surface area contributed by atoms with Crippen LogP contribution < -0.4 is 4.57 Å². The van der Waals surface area contributed by atoms with Crippen LogP contribution in [0, 0.1) is 13.8 Å². The van der Waals surface area contributed by atoms with Gasteiger partial charge < -0.3 is 4.74 Å². The summed E-state index contributed by atoms with van der Waals surface area (Å²) in [5, 5.41) is 0. The number of ether oxygens (including phenoxy) is 1. The molecular weight excluding hydrogens is 158 g/mol. The lowest BCUT2D eigenvalue weighted by Gasteiger charge is -1.93. The first kappa shape index (κ1) is 8.68. The predicted octanol–water partition coefficient (Wildman–Crippen LogP) is 1.30. The van der Waals surface area contributed by atoms with Gasteiger partial charge in [-0.15, -0.1) is 0 Å². The fourth-order valence-electron chi connectivity index (χ4n) is 0.919. The van der Waals surface area contributed by atoms with E-state index in [0.29, 0.717) is 0 Å². The van der Waals surface area contributed by atoms with Gasteiger partial charge in [0.15, 0.2) is 12.2 Å². The summed E-state index contributed by atoms with van der Waals surface area (Å²) in [7, 11) is 1.73. The second kappa shape index (κ2) is 3.83. The fraction of sp³-hybridized carbons (Fsp3) is 0.625. The Morgan fingerprint density at radius 2 is 2.27 bits per heavy atom. The quantitative estimate of drug-likeness (QED) is 0.626. The van der Waals surface area contributed by atoms with E-state index in [2.05, 4.69) is 23.9 Å². The molecule has 0 radical (unpaired) electrons. The summed E-state index contributed by atoms with van der Waals surface area (Å²) < 4.78 is 7.22. The summed E-state index contributed by atoms with van der Waals surface area (Å²) in [4.78, 5) is 1.39. The first-order valence-electron chi connectivity index (χ1n) is 3.68. The molecule has 0 aliphatic heterocycles. The summed E-state index contributed by atoms with van der Waals surface area (Å²) in [5.74, 6) is 0. The van der Waals surface area contributed by atoms with Gasteiger partial charge in [-0.2, -0.15) is 4.57 Å². The average Bonchev–Trinajstić information content (AvgIpc) is 2.31. The summed E-state index contributed by atoms with van der Waals surface area (Å²) in [6.07, 6.45) is 0. The largest absolute Gasteiger partial charge is 0.378 e. The van der Waals surface area contributed by atoms with Crippen LogP contribution >= 0.6 is 11.3 Å². The van der Waals surface area contributed by atoms with Gasteiger partial charge in [0.25, 0.3) is 0 Å². The molecule has 62 valence electrons. The van der Waals surface area contributed by atoms with Gasteiger partial charge in [0, 0.05) is 14.0 Å². The number of hydrogen-bond donors (Lipinski definition) is 0. The second-order valence-corrected chi connectivity index (χ2v) is 3.61. The molecule has 0 saturated carbocycles. The summed E-state index contributed by atoms with van der Waals surface area (Å²) in [5.41, 5.74) is 3.50. The van der Waals surface area contributed by atoms with E-state index in [-0.39, 0.29) is 0 Å². The maximum absolute atomic E-state index is 4.99. The van der Waals surface area contributed by atoms with Crippen molar-refractivity contribution in [2.45, 2.75) is 20.4 Å². The van der Waals surface area contributed by atoms with E-state index >= 15 is 0 Å². The Morgan fingerprint density at radius 3 is 2.73 bits per heavy atom. The second-order valence-electron chi connectivity index (χ2n) is 2.55. The van der Waals surface area contributed by atoms with E-state index in [9.17, 15) is 0 Å². The standard InChI is InChI=1S/C8H14NOS/c1-7-8(2)11-6-9(7)4-5-10-3/h6H,4-5H2,1-3H3/q+1. The van der Waals surface area contributed by atoms with Gasteiger partial charge in [-0.1, -0.05) is 11.3 Å². The SMILES string of the molecule is COCC[n+]1csc(C)c1C. The van der Waals surface area contributed by atoms with Crippen LogP contribution in [0.1, 0.15) is 10.6 Å². The van der Waals surface area contributed by atoms with Crippen LogP contribution in [-0.4, -0.2) is 13.7 Å². The van der Waals surface area contributed by atoms with Crippen molar-refractivity contribution in [2.24, 2.45) is 0 Å². The highest BCUT2D eigenvalue weighted by Gasteiger charge is 2.09. The van der Waals surface area contributed by atoms with Gasteiger partial charge in [0.2, 0.25) is 5.51 Å². The molecule has 3 heteroatoms. The van der Waals surface area contributed by atoms with Gasteiger partial charge in [0.05, 0.1) is 4.88 Å². The lowest BCUT2D eigenvalue weighted by atomic mass is 10.4. The minimum Gasteiger partial charge on any atom is -0.378 e. The third-order valence-corrected chi connectivity index (χ3v) is 2.84. The van der Waals surface area contributed by atoms with Gasteiger partial charge >= 0.3 is 0 Å². The van der Waals surface area contributed by atoms with Crippen LogP contribution in [0.2, 0.25) is 0 Å². The summed E-state index contributed by atoms with van der Waals surface area (Å²) >= 11 is 1.79. The predicted molar refractivity (Wildman–Crippen MR) is 45.9 cm³/mol. The molecule has 1 aromatic heterocycles. The molecule has 0 amide bonds. The average molecular weight is 172 g/mol. The minimum absolute atomic E-state index is 0.793. The van der Waals surface area contributed by atoms with Gasteiger partial charge in [-0.05, 0) is 6.92 Å². The van der Waals surface area contributed by atoms with E-state index in [1.807, 2.05) is 0 Å². The lowest BCUT2D eigenvalue weighted by molar-refractivity contribution is -0.699. The van der Waals surface area contributed by atoms with Crippen molar-refractivity contribution in [3.05, 3.63) is 16.1 Å². The van der Waals surface area contributed by atoms with Crippen LogP contribution in [-0.2, 0) is 11.3 Å². The zero-order valence-electron chi connectivity index (χ0n) is 7.26. The van der Waals surface area contributed by atoms with Crippen LogP contribution in [0.4, 0.5) is 0 Å². The van der Waals surface area contributed by atoms with Crippen LogP contribution in [0.15, 0.2) is 5.51 Å². The number of rotatable bonds is 3. The van der Waals surface area contributed by atoms with E-state index in [0.717, 1.165) is 13.2 Å². The molecule has 0 aliphatic carbocycles. The van der Waals surface area contributed by atoms with Gasteiger partial charge in [-0.25, -0.2) is 0 Å². The first-order valence-corrected chi connectivity index (χ1v) is 4.56. The molecule has 1 rings (SSSR count). The van der Waals surface area contributed by atoms with Crippen molar-refractivity contribution in [2.75, 3.05) is 13.7 Å². The third kappa shape index (κ3) is 2.01. The highest BCUT2D eigenvalue weighted by Crippen LogP contribution is 2.07. The van der Waals surface area contributed by atoms with Crippen molar-refractivity contribution >= 4 is 11.3 Å². The lowest BCUT2D eigenvalue weighted by Crippen LogP contribution is -2.36. The first-order chi connectivity index (χ1) is 5.25. The highest BCUT2D eigenvalue weighted by atomic mass is 32.1. The van der Waals surface area contributed by atoms with Gasteiger partial charge in [-0.3, -0.25) is 0 Å². The Morgan fingerprint density at radius 1 is 1.55 bits per heavy atom. The van der Waals surface area contributed by atoms with Crippen LogP contribution in [0.3, 0.4) is 0 Å². The van der Waals surface area contributed by atoms with Crippen molar-refractivity contribution in [3.8, 4) is 0 Å². The minimum atomic E-state index is 0.793. The molecule has 0 aromatic carbocycles. The summed E-state index contributed by atoms with van der Waals surface area (Å²) in [6, 6.07) is 0. The van der Waals surface area contributed by atoms with Crippen LogP contribution in [0.5, 0.6) is 0 Å². The summed E-state index contributed by atoms with van der Waals surface area (Å²) in [6.45, 7) is 6.04. The molecule has 0 saturated heterocycles. The maximum atomic E-state index is 4.99. The molecule has 0 spiro atoms. The van der Waals surface area contributed by atoms with E-state index < -0.39 is 0 Å². The highest BCUT2D eigenvalue weighted by molar-refractivity contribution is 7.09.